The molecule has 0 aliphatic heterocycles. The van der Waals surface area contributed by atoms with E-state index in [2.05, 4.69) is 24.8 Å². The molecule has 182 valence electrons. The van der Waals surface area contributed by atoms with Gasteiger partial charge in [-0.15, -0.1) is 11.3 Å². The molecule has 1 heterocycles. The van der Waals surface area contributed by atoms with E-state index >= 15 is 0 Å². The summed E-state index contributed by atoms with van der Waals surface area (Å²) in [4.78, 5) is 43.7. The zero-order chi connectivity index (χ0) is 25.2. The van der Waals surface area contributed by atoms with Crippen molar-refractivity contribution < 1.29 is 14.4 Å². The minimum absolute atomic E-state index is 0.102. The second-order valence-electron chi connectivity index (χ2n) is 9.26. The topological polar surface area (TPSA) is 54.5 Å². The molecule has 2 aromatic carbocycles. The number of carbonyl (C=O) groups excluding carboxylic acids is 3. The van der Waals surface area contributed by atoms with E-state index in [0.717, 1.165) is 43.6 Å². The van der Waals surface area contributed by atoms with Gasteiger partial charge in [-0.3, -0.25) is 14.4 Å². The maximum atomic E-state index is 13.5. The number of unbranched alkanes of at least 4 members (excludes halogenated alkanes) is 2. The van der Waals surface area contributed by atoms with E-state index in [4.69, 9.17) is 0 Å². The molecule has 4 nitrogen and oxygen atoms in total. The fourth-order valence-electron chi connectivity index (χ4n) is 4.95. The van der Waals surface area contributed by atoms with Crippen LogP contribution in [0, 0.1) is 0 Å². The molecule has 2 aliphatic rings. The number of carbonyl (C=O) groups is 3. The molecule has 2 aliphatic carbocycles. The molecule has 0 N–H and O–H groups in total. The maximum absolute atomic E-state index is 13.5. The van der Waals surface area contributed by atoms with Crippen molar-refractivity contribution in [2.24, 2.45) is 0 Å². The number of thiophene rings is 1. The number of allylic oxidation sites excluding steroid dienone is 3. The monoisotopic (exact) mass is 495 g/mol. The van der Waals surface area contributed by atoms with E-state index in [1.807, 2.05) is 30.3 Å². The molecule has 5 rings (SSSR count). The normalized spacial score (nSPS) is 15.7. The molecular weight excluding hydrogens is 466 g/mol. The lowest BCUT2D eigenvalue weighted by atomic mass is 9.95. The van der Waals surface area contributed by atoms with Crippen LogP contribution in [0.25, 0.3) is 11.6 Å². The Labute approximate surface area is 216 Å². The van der Waals surface area contributed by atoms with Crippen molar-refractivity contribution >= 4 is 45.3 Å². The van der Waals surface area contributed by atoms with E-state index in [9.17, 15) is 14.4 Å². The standard InChI is InChI=1S/C31H29NO3S/c1-3-5-17-32(18-6-4-2)26-16-15-20(36-26)19-25-27(21-11-7-8-12-22(21)29(25)33)28-30(34)23-13-9-10-14-24(23)31(28)35/h7-16,19H,3-6,17-18H2,1-2H3/b25-19-. The molecule has 0 radical (unpaired) electrons. The molecule has 1 aromatic heterocycles. The number of benzene rings is 2. The van der Waals surface area contributed by atoms with Crippen molar-refractivity contribution in [3.05, 3.63) is 98.9 Å². The van der Waals surface area contributed by atoms with Crippen molar-refractivity contribution in [3.8, 4) is 0 Å². The molecule has 3 aromatic rings. The number of Topliss-reactive ketones (excluding diaryl/α,β-unsaturated/α-hetero) is 3. The minimum atomic E-state index is -0.307. The Balaban J connectivity index is 1.60. The lowest BCUT2D eigenvalue weighted by Crippen LogP contribution is -2.24. The van der Waals surface area contributed by atoms with Crippen LogP contribution in [-0.2, 0) is 0 Å². The Morgan fingerprint density at radius 1 is 0.667 bits per heavy atom. The summed E-state index contributed by atoms with van der Waals surface area (Å²) in [6.45, 7) is 6.41. The molecule has 5 heteroatoms. The number of anilines is 1. The number of nitrogens with zero attached hydrogens (tertiary/aromatic N) is 1. The van der Waals surface area contributed by atoms with E-state index in [1.54, 1.807) is 41.7 Å². The first-order valence-corrected chi connectivity index (χ1v) is 13.5. The molecule has 36 heavy (non-hydrogen) atoms. The third-order valence-corrected chi connectivity index (χ3v) is 7.94. The van der Waals surface area contributed by atoms with Crippen molar-refractivity contribution in [2.45, 2.75) is 39.5 Å². The summed E-state index contributed by atoms with van der Waals surface area (Å²) >= 11 is 1.65. The number of hydrogen-bond donors (Lipinski definition) is 0. The molecular formula is C31H29NO3S. The summed E-state index contributed by atoms with van der Waals surface area (Å²) in [5.74, 6) is -0.759. The molecule has 0 amide bonds. The van der Waals surface area contributed by atoms with Crippen LogP contribution in [0.2, 0.25) is 0 Å². The van der Waals surface area contributed by atoms with Gasteiger partial charge in [0.05, 0.1) is 10.6 Å². The third-order valence-electron chi connectivity index (χ3n) is 6.85. The Hall–Kier alpha value is -3.57. The predicted octanol–water partition coefficient (Wildman–Crippen LogP) is 7.27. The average molecular weight is 496 g/mol. The van der Waals surface area contributed by atoms with Crippen molar-refractivity contribution in [1.29, 1.82) is 0 Å². The van der Waals surface area contributed by atoms with Crippen molar-refractivity contribution in [2.75, 3.05) is 18.0 Å². The van der Waals surface area contributed by atoms with Gasteiger partial charge in [0.2, 0.25) is 0 Å². The Morgan fingerprint density at radius 3 is 1.75 bits per heavy atom. The highest BCUT2D eigenvalue weighted by Gasteiger charge is 2.41. The highest BCUT2D eigenvalue weighted by Crippen LogP contribution is 2.44. The van der Waals surface area contributed by atoms with E-state index in [0.29, 0.717) is 33.4 Å². The van der Waals surface area contributed by atoms with Crippen LogP contribution >= 0.6 is 11.3 Å². The number of hydrogen-bond acceptors (Lipinski definition) is 5. The molecule has 0 saturated carbocycles. The van der Waals surface area contributed by atoms with Crippen LogP contribution in [0.4, 0.5) is 5.00 Å². The van der Waals surface area contributed by atoms with Crippen LogP contribution in [-0.4, -0.2) is 30.4 Å². The smallest absolute Gasteiger partial charge is 0.198 e. The summed E-state index contributed by atoms with van der Waals surface area (Å²) in [7, 11) is 0. The Bertz CT molecular complexity index is 1380. The summed E-state index contributed by atoms with van der Waals surface area (Å²) in [5, 5.41) is 1.18. The summed E-state index contributed by atoms with van der Waals surface area (Å²) in [5.41, 5.74) is 2.98. The Kier molecular flexibility index (Phi) is 6.84. The SMILES string of the molecule is CCCCN(CCCC)c1ccc(/C=C2\C(=O)c3ccccc3C2=C2C(=O)c3ccccc3C2=O)s1. The third kappa shape index (κ3) is 4.18. The molecule has 0 bridgehead atoms. The van der Waals surface area contributed by atoms with Gasteiger partial charge < -0.3 is 4.90 Å². The number of ketones is 3. The van der Waals surface area contributed by atoms with Gasteiger partial charge in [-0.1, -0.05) is 75.2 Å². The van der Waals surface area contributed by atoms with Crippen LogP contribution in [0.3, 0.4) is 0 Å². The fourth-order valence-corrected chi connectivity index (χ4v) is 5.95. The van der Waals surface area contributed by atoms with Crippen LogP contribution in [0.5, 0.6) is 0 Å². The Morgan fingerprint density at radius 2 is 1.19 bits per heavy atom. The first kappa shape index (κ1) is 24.1. The zero-order valence-electron chi connectivity index (χ0n) is 20.7. The molecule has 0 atom stereocenters. The molecule has 0 fully saturated rings. The van der Waals surface area contributed by atoms with Crippen LogP contribution < -0.4 is 4.90 Å². The van der Waals surface area contributed by atoms with Gasteiger partial charge in [0, 0.05) is 45.8 Å². The maximum Gasteiger partial charge on any atom is 0.198 e. The van der Waals surface area contributed by atoms with E-state index in [-0.39, 0.29) is 22.9 Å². The lowest BCUT2D eigenvalue weighted by molar-refractivity contribution is 0.0989. The molecule has 0 spiro atoms. The molecule has 0 saturated heterocycles. The average Bonchev–Trinajstić information content (AvgIpc) is 3.54. The van der Waals surface area contributed by atoms with Gasteiger partial charge in [0.15, 0.2) is 17.3 Å². The first-order valence-electron chi connectivity index (χ1n) is 12.7. The van der Waals surface area contributed by atoms with E-state index in [1.165, 1.54) is 5.00 Å². The van der Waals surface area contributed by atoms with E-state index < -0.39 is 0 Å². The molecule has 0 unspecified atom stereocenters. The largest absolute Gasteiger partial charge is 0.363 e. The predicted molar refractivity (Wildman–Crippen MR) is 147 cm³/mol. The van der Waals surface area contributed by atoms with Crippen molar-refractivity contribution in [1.82, 2.24) is 0 Å². The summed E-state index contributed by atoms with van der Waals surface area (Å²) in [6.07, 6.45) is 6.40. The minimum Gasteiger partial charge on any atom is -0.363 e. The van der Waals surface area contributed by atoms with Gasteiger partial charge in [-0.2, -0.15) is 0 Å². The zero-order valence-corrected chi connectivity index (χ0v) is 21.5. The highest BCUT2D eigenvalue weighted by molar-refractivity contribution is 7.17. The summed E-state index contributed by atoms with van der Waals surface area (Å²) < 4.78 is 0. The second-order valence-corrected chi connectivity index (χ2v) is 10.4. The fraction of sp³-hybridized carbons (Fsp3) is 0.258. The van der Waals surface area contributed by atoms with Gasteiger partial charge in [-0.05, 0) is 36.6 Å². The van der Waals surface area contributed by atoms with Crippen LogP contribution in [0.1, 0.15) is 81.0 Å². The van der Waals surface area contributed by atoms with Crippen LogP contribution in [0.15, 0.2) is 71.8 Å². The van der Waals surface area contributed by atoms with Crippen molar-refractivity contribution in [3.63, 3.8) is 0 Å². The quantitative estimate of drug-likeness (QED) is 0.244. The van der Waals surface area contributed by atoms with Gasteiger partial charge in [0.25, 0.3) is 0 Å². The van der Waals surface area contributed by atoms with Gasteiger partial charge in [0.1, 0.15) is 0 Å². The lowest BCUT2D eigenvalue weighted by Gasteiger charge is -2.22. The summed E-state index contributed by atoms with van der Waals surface area (Å²) in [6, 6.07) is 18.3. The number of fused-ring (bicyclic) bond motifs is 2. The van der Waals surface area contributed by atoms with Gasteiger partial charge >= 0.3 is 0 Å². The second kappa shape index (κ2) is 10.2. The first-order chi connectivity index (χ1) is 17.5. The highest BCUT2D eigenvalue weighted by atomic mass is 32.1. The van der Waals surface area contributed by atoms with Gasteiger partial charge in [-0.25, -0.2) is 0 Å². The number of rotatable bonds is 8.